The summed E-state index contributed by atoms with van der Waals surface area (Å²) in [4.78, 5) is 27.0. The van der Waals surface area contributed by atoms with Crippen molar-refractivity contribution in [2.24, 2.45) is 0 Å². The molecule has 1 aliphatic rings. The number of rotatable bonds is 6. The Morgan fingerprint density at radius 3 is 2.50 bits per heavy atom. The minimum Gasteiger partial charge on any atom is -0.484 e. The normalized spacial score (nSPS) is 14.9. The summed E-state index contributed by atoms with van der Waals surface area (Å²) in [5, 5.41) is 2.38. The monoisotopic (exact) mass is 528 g/mol. The highest BCUT2D eigenvalue weighted by Gasteiger charge is 2.33. The average molecular weight is 529 g/mol. The summed E-state index contributed by atoms with van der Waals surface area (Å²) in [5.41, 5.74) is 1.64. The van der Waals surface area contributed by atoms with Crippen LogP contribution in [0.2, 0.25) is 0 Å². The molecule has 0 aromatic heterocycles. The molecule has 1 aliphatic heterocycles. The molecule has 1 saturated heterocycles. The molecule has 0 radical (unpaired) electrons. The highest BCUT2D eigenvalue weighted by Crippen LogP contribution is 2.36. The van der Waals surface area contributed by atoms with Crippen LogP contribution in [0.1, 0.15) is 16.7 Å². The number of thiocarbonyl (C=S) groups is 1. The van der Waals surface area contributed by atoms with E-state index in [4.69, 9.17) is 17.0 Å². The van der Waals surface area contributed by atoms with E-state index in [1.165, 1.54) is 28.8 Å². The Hall–Kier alpha value is -3.63. The summed E-state index contributed by atoms with van der Waals surface area (Å²) in [6.07, 6.45) is -2.78. The largest absolute Gasteiger partial charge is 0.484 e. The van der Waals surface area contributed by atoms with Gasteiger partial charge in [-0.1, -0.05) is 54.3 Å². The van der Waals surface area contributed by atoms with Crippen LogP contribution in [0.5, 0.6) is 5.75 Å². The molecule has 1 heterocycles. The van der Waals surface area contributed by atoms with Crippen molar-refractivity contribution in [3.05, 3.63) is 94.4 Å². The number of carbonyl (C=O) groups is 2. The van der Waals surface area contributed by atoms with Crippen molar-refractivity contribution in [2.75, 3.05) is 16.8 Å². The summed E-state index contributed by atoms with van der Waals surface area (Å²) in [7, 11) is 0. The van der Waals surface area contributed by atoms with Gasteiger partial charge in [-0.3, -0.25) is 14.5 Å². The van der Waals surface area contributed by atoms with E-state index in [1.54, 1.807) is 30.3 Å². The number of alkyl halides is 3. The first-order valence-electron chi connectivity index (χ1n) is 10.6. The number of aryl methyl sites for hydroxylation is 1. The van der Waals surface area contributed by atoms with E-state index >= 15 is 0 Å². The van der Waals surface area contributed by atoms with Crippen LogP contribution < -0.4 is 15.0 Å². The maximum atomic E-state index is 12.9. The van der Waals surface area contributed by atoms with E-state index < -0.39 is 17.6 Å². The third kappa shape index (κ3) is 6.13. The lowest BCUT2D eigenvalue weighted by atomic mass is 10.2. The average Bonchev–Trinajstić information content (AvgIpc) is 3.10. The molecule has 1 fully saturated rings. The molecule has 1 N–H and O–H groups in total. The predicted octanol–water partition coefficient (Wildman–Crippen LogP) is 6.44. The smallest absolute Gasteiger partial charge is 0.416 e. The molecule has 184 valence electrons. The summed E-state index contributed by atoms with van der Waals surface area (Å²) < 4.78 is 44.3. The van der Waals surface area contributed by atoms with Gasteiger partial charge >= 0.3 is 6.18 Å². The third-order valence-corrected chi connectivity index (χ3v) is 6.38. The van der Waals surface area contributed by atoms with E-state index in [9.17, 15) is 22.8 Å². The number of halogens is 3. The fourth-order valence-electron chi connectivity index (χ4n) is 3.39. The first kappa shape index (κ1) is 25.5. The zero-order valence-corrected chi connectivity index (χ0v) is 20.5. The van der Waals surface area contributed by atoms with Crippen LogP contribution in [0.3, 0.4) is 0 Å². The summed E-state index contributed by atoms with van der Waals surface area (Å²) in [6.45, 7) is 1.56. The molecule has 0 aliphatic carbocycles. The molecule has 3 aromatic rings. The molecule has 0 saturated carbocycles. The van der Waals surface area contributed by atoms with Crippen molar-refractivity contribution >= 4 is 57.6 Å². The Morgan fingerprint density at radius 2 is 1.81 bits per heavy atom. The molecule has 5 nitrogen and oxygen atoms in total. The van der Waals surface area contributed by atoms with Crippen LogP contribution in [0.25, 0.3) is 6.08 Å². The highest BCUT2D eigenvalue weighted by atomic mass is 32.2. The van der Waals surface area contributed by atoms with Gasteiger partial charge in [-0.15, -0.1) is 0 Å². The molecular weight excluding hydrogens is 509 g/mol. The number of nitrogens with one attached hydrogen (secondary N) is 1. The summed E-state index contributed by atoms with van der Waals surface area (Å²) in [5.74, 6) is -0.418. The second-order valence-electron chi connectivity index (χ2n) is 7.84. The molecule has 10 heteroatoms. The molecule has 0 bridgehead atoms. The van der Waals surface area contributed by atoms with Gasteiger partial charge in [-0.05, 0) is 66.6 Å². The minimum atomic E-state index is -4.50. The van der Waals surface area contributed by atoms with Crippen LogP contribution in [0.15, 0.2) is 77.7 Å². The fraction of sp³-hybridized carbons (Fsp3) is 0.115. The van der Waals surface area contributed by atoms with Gasteiger partial charge in [0.05, 0.1) is 16.2 Å². The number of thioether (sulfide) groups is 1. The van der Waals surface area contributed by atoms with Crippen LogP contribution >= 0.6 is 24.0 Å². The molecule has 4 rings (SSSR count). The molecular formula is C26H19F3N2O3S2. The van der Waals surface area contributed by atoms with Gasteiger partial charge in [0.15, 0.2) is 10.9 Å². The predicted molar refractivity (Wildman–Crippen MR) is 139 cm³/mol. The second-order valence-corrected chi connectivity index (χ2v) is 9.52. The van der Waals surface area contributed by atoms with E-state index in [-0.39, 0.29) is 18.2 Å². The van der Waals surface area contributed by atoms with Crippen LogP contribution in [-0.2, 0) is 15.8 Å². The number of anilines is 2. The van der Waals surface area contributed by atoms with Gasteiger partial charge in [0.2, 0.25) is 0 Å². The van der Waals surface area contributed by atoms with Gasteiger partial charge in [-0.25, -0.2) is 0 Å². The fourth-order valence-corrected chi connectivity index (χ4v) is 4.69. The number of hydrogen-bond donors (Lipinski definition) is 1. The number of nitrogens with zero attached hydrogens (tertiary/aromatic N) is 1. The third-order valence-electron chi connectivity index (χ3n) is 5.08. The molecule has 2 amide bonds. The lowest BCUT2D eigenvalue weighted by molar-refractivity contribution is -0.137. The molecule has 0 spiro atoms. The van der Waals surface area contributed by atoms with Gasteiger partial charge < -0.3 is 10.1 Å². The Labute approximate surface area is 214 Å². The number of benzene rings is 3. The summed E-state index contributed by atoms with van der Waals surface area (Å²) in [6, 6.07) is 18.6. The Bertz CT molecular complexity index is 1360. The van der Waals surface area contributed by atoms with E-state index in [0.29, 0.717) is 20.7 Å². The lowest BCUT2D eigenvalue weighted by Crippen LogP contribution is -2.27. The Kier molecular flexibility index (Phi) is 7.46. The first-order valence-corrected chi connectivity index (χ1v) is 11.9. The molecule has 3 aromatic carbocycles. The highest BCUT2D eigenvalue weighted by molar-refractivity contribution is 8.27. The molecule has 0 atom stereocenters. The van der Waals surface area contributed by atoms with Crippen molar-refractivity contribution in [1.29, 1.82) is 0 Å². The van der Waals surface area contributed by atoms with Crippen LogP contribution in [0, 0.1) is 6.92 Å². The van der Waals surface area contributed by atoms with Crippen molar-refractivity contribution in [3.8, 4) is 5.75 Å². The zero-order valence-electron chi connectivity index (χ0n) is 18.8. The quantitative estimate of drug-likeness (QED) is 0.295. The van der Waals surface area contributed by atoms with Crippen molar-refractivity contribution in [1.82, 2.24) is 0 Å². The van der Waals surface area contributed by atoms with Gasteiger partial charge in [0, 0.05) is 5.69 Å². The Balaban J connectivity index is 1.36. The number of hydrogen-bond acceptors (Lipinski definition) is 5. The standard InChI is InChI=1S/C26H19F3N2O3S2/c1-16-4-2-7-20(12-16)31-24(33)22(36-25(31)35)13-17-8-10-21(11-9-17)34-15-23(32)30-19-6-3-5-18(14-19)26(27,28)29/h2-14H,15H2,1H3,(H,30,32)/b22-13-. The first-order chi connectivity index (χ1) is 17.1. The van der Waals surface area contributed by atoms with Gasteiger partial charge in [0.1, 0.15) is 5.75 Å². The maximum Gasteiger partial charge on any atom is 0.416 e. The minimum absolute atomic E-state index is 0.0248. The topological polar surface area (TPSA) is 58.6 Å². The van der Waals surface area contributed by atoms with Gasteiger partial charge in [0.25, 0.3) is 11.8 Å². The SMILES string of the molecule is Cc1cccc(N2C(=O)/C(=C/c3ccc(OCC(=O)Nc4cccc(C(F)(F)F)c4)cc3)SC2=S)c1. The summed E-state index contributed by atoms with van der Waals surface area (Å²) >= 11 is 6.61. The van der Waals surface area contributed by atoms with Crippen molar-refractivity contribution < 1.29 is 27.5 Å². The zero-order chi connectivity index (χ0) is 25.9. The van der Waals surface area contributed by atoms with E-state index in [2.05, 4.69) is 5.32 Å². The number of carbonyl (C=O) groups excluding carboxylic acids is 2. The van der Waals surface area contributed by atoms with E-state index in [1.807, 2.05) is 31.2 Å². The van der Waals surface area contributed by atoms with Crippen molar-refractivity contribution in [3.63, 3.8) is 0 Å². The number of amides is 2. The van der Waals surface area contributed by atoms with Gasteiger partial charge in [-0.2, -0.15) is 13.2 Å². The lowest BCUT2D eigenvalue weighted by Gasteiger charge is -2.14. The van der Waals surface area contributed by atoms with Crippen molar-refractivity contribution in [2.45, 2.75) is 13.1 Å². The van der Waals surface area contributed by atoms with Crippen LogP contribution in [0.4, 0.5) is 24.5 Å². The van der Waals surface area contributed by atoms with E-state index in [0.717, 1.165) is 23.3 Å². The second kappa shape index (κ2) is 10.5. The maximum absolute atomic E-state index is 12.9. The molecule has 36 heavy (non-hydrogen) atoms. The number of ether oxygens (including phenoxy) is 1. The Morgan fingerprint density at radius 1 is 1.08 bits per heavy atom. The van der Waals surface area contributed by atoms with Crippen LogP contribution in [-0.4, -0.2) is 22.7 Å². The molecule has 0 unspecified atom stereocenters.